The molecule has 0 bridgehead atoms. The molecule has 0 N–H and O–H groups in total. The molecule has 322 valence electrons. The van der Waals surface area contributed by atoms with Crippen molar-refractivity contribution in [3.63, 3.8) is 0 Å². The Bertz CT molecular complexity index is 879. The number of phosphoric ester groups is 1. The van der Waals surface area contributed by atoms with Gasteiger partial charge in [-0.25, -0.2) is 0 Å². The summed E-state index contributed by atoms with van der Waals surface area (Å²) in [5, 5.41) is 0. The monoisotopic (exact) mass is 788 g/mol. The number of hydrogen-bond donors (Lipinski definition) is 0. The number of likely N-dealkylation sites (N-methyl/N-ethyl adjacent to an activating group) is 1. The van der Waals surface area contributed by atoms with Gasteiger partial charge in [-0.2, -0.15) is 0 Å². The molecule has 0 aliphatic rings. The van der Waals surface area contributed by atoms with Crippen molar-refractivity contribution < 1.29 is 37.3 Å². The number of quaternary nitrogens is 1. The van der Waals surface area contributed by atoms with Crippen LogP contribution in [0.15, 0.2) is 12.2 Å². The first-order chi connectivity index (χ1) is 26.1. The van der Waals surface area contributed by atoms with Crippen molar-refractivity contribution in [2.24, 2.45) is 0 Å². The molecule has 54 heavy (non-hydrogen) atoms. The highest BCUT2D eigenvalue weighted by Crippen LogP contribution is 2.38. The summed E-state index contributed by atoms with van der Waals surface area (Å²) in [6.07, 6.45) is 42.2. The molecule has 0 aromatic rings. The van der Waals surface area contributed by atoms with E-state index in [1.54, 1.807) is 0 Å². The number of allylic oxidation sites excluding steroid dienone is 2. The van der Waals surface area contributed by atoms with Gasteiger partial charge < -0.3 is 27.9 Å². The predicted octanol–water partition coefficient (Wildman–Crippen LogP) is 12.8. The van der Waals surface area contributed by atoms with Gasteiger partial charge in [-0.1, -0.05) is 180 Å². The number of phosphoric acid groups is 1. The molecule has 0 amide bonds. The van der Waals surface area contributed by atoms with Crippen LogP contribution in [0.2, 0.25) is 0 Å². The Kier molecular flexibility index (Phi) is 38.5. The molecule has 0 fully saturated rings. The number of nitrogens with zero attached hydrogens (tertiary/aromatic N) is 1. The lowest BCUT2D eigenvalue weighted by molar-refractivity contribution is -0.870. The highest BCUT2D eigenvalue weighted by Gasteiger charge is 2.20. The minimum absolute atomic E-state index is 0.0292. The van der Waals surface area contributed by atoms with E-state index in [1.165, 1.54) is 161 Å². The van der Waals surface area contributed by atoms with E-state index < -0.39 is 13.9 Å². The lowest BCUT2D eigenvalue weighted by Gasteiger charge is -2.28. The van der Waals surface area contributed by atoms with E-state index >= 15 is 0 Å². The van der Waals surface area contributed by atoms with E-state index in [1.807, 2.05) is 21.1 Å². The third kappa shape index (κ3) is 42.4. The number of ether oxygens (including phenoxy) is 2. The van der Waals surface area contributed by atoms with Crippen LogP contribution < -0.4 is 4.89 Å². The fourth-order valence-corrected chi connectivity index (χ4v) is 7.21. The summed E-state index contributed by atoms with van der Waals surface area (Å²) < 4.78 is 34.6. The molecular weight excluding hydrogens is 697 g/mol. The second-order valence-electron chi connectivity index (χ2n) is 16.8. The average molecular weight is 788 g/mol. The van der Waals surface area contributed by atoms with Gasteiger partial charge in [0.05, 0.1) is 34.4 Å². The Morgan fingerprint density at radius 3 is 1.41 bits per heavy atom. The van der Waals surface area contributed by atoms with Crippen molar-refractivity contribution in [2.45, 2.75) is 219 Å². The number of carbonyl (C=O) groups excluding carboxylic acids is 1. The summed E-state index contributed by atoms with van der Waals surface area (Å²) in [6.45, 7) is 5.44. The smallest absolute Gasteiger partial charge is 0.306 e. The Hall–Kier alpha value is -0.760. The first-order valence-corrected chi connectivity index (χ1v) is 24.4. The standard InChI is InChI=1S/C45H90NO7P/c1-6-8-10-12-14-16-18-20-21-22-23-24-25-26-27-29-31-33-35-37-40-50-42-44(43-52-54(48,49)51-41-39-46(3,4)5)53-45(47)38-36-34-32-30-28-19-17-15-13-11-9-7-2/h20-21,44H,6-19,22-43H2,1-5H3/b21-20-. The van der Waals surface area contributed by atoms with E-state index in [0.717, 1.165) is 32.1 Å². The lowest BCUT2D eigenvalue weighted by atomic mass is 10.0. The zero-order chi connectivity index (χ0) is 39.9. The zero-order valence-corrected chi connectivity index (χ0v) is 37.3. The van der Waals surface area contributed by atoms with Gasteiger partial charge in [-0.05, 0) is 38.5 Å². The Balaban J connectivity index is 4.13. The van der Waals surface area contributed by atoms with Crippen LogP contribution in [0.4, 0.5) is 0 Å². The summed E-state index contributed by atoms with van der Waals surface area (Å²) in [5.41, 5.74) is 0. The molecule has 0 aliphatic heterocycles. The van der Waals surface area contributed by atoms with Crippen molar-refractivity contribution >= 4 is 13.8 Å². The van der Waals surface area contributed by atoms with Crippen LogP contribution in [0.25, 0.3) is 0 Å². The van der Waals surface area contributed by atoms with Crippen molar-refractivity contribution in [3.05, 3.63) is 12.2 Å². The molecule has 0 saturated carbocycles. The van der Waals surface area contributed by atoms with Crippen LogP contribution in [-0.4, -0.2) is 70.7 Å². The summed E-state index contributed by atoms with van der Waals surface area (Å²) >= 11 is 0. The van der Waals surface area contributed by atoms with Gasteiger partial charge >= 0.3 is 5.97 Å². The first-order valence-electron chi connectivity index (χ1n) is 22.9. The van der Waals surface area contributed by atoms with Crippen molar-refractivity contribution in [3.8, 4) is 0 Å². The van der Waals surface area contributed by atoms with Crippen LogP contribution in [-0.2, 0) is 27.9 Å². The molecule has 0 spiro atoms. The molecular formula is C45H90NO7P. The third-order valence-corrected chi connectivity index (χ3v) is 11.0. The molecule has 0 radical (unpaired) electrons. The predicted molar refractivity (Wildman–Crippen MR) is 227 cm³/mol. The number of rotatable bonds is 43. The average Bonchev–Trinajstić information content (AvgIpc) is 3.12. The van der Waals surface area contributed by atoms with Gasteiger partial charge in [-0.3, -0.25) is 9.36 Å². The molecule has 0 heterocycles. The number of carbonyl (C=O) groups is 1. The minimum Gasteiger partial charge on any atom is -0.756 e. The van der Waals surface area contributed by atoms with Crippen LogP contribution >= 0.6 is 7.82 Å². The normalized spacial score (nSPS) is 13.8. The van der Waals surface area contributed by atoms with Crippen molar-refractivity contribution in [1.82, 2.24) is 0 Å². The molecule has 9 heteroatoms. The summed E-state index contributed by atoms with van der Waals surface area (Å²) in [4.78, 5) is 25.0. The van der Waals surface area contributed by atoms with Crippen molar-refractivity contribution in [1.29, 1.82) is 0 Å². The highest BCUT2D eigenvalue weighted by atomic mass is 31.2. The van der Waals surface area contributed by atoms with Crippen LogP contribution in [0.5, 0.6) is 0 Å². The molecule has 0 aromatic carbocycles. The van der Waals surface area contributed by atoms with E-state index in [4.69, 9.17) is 18.5 Å². The van der Waals surface area contributed by atoms with Crippen molar-refractivity contribution in [2.75, 3.05) is 54.1 Å². The lowest BCUT2D eigenvalue weighted by Crippen LogP contribution is -2.37. The second kappa shape index (κ2) is 39.1. The maximum absolute atomic E-state index is 12.6. The molecule has 8 nitrogen and oxygen atoms in total. The number of esters is 1. The van der Waals surface area contributed by atoms with Gasteiger partial charge in [0.1, 0.15) is 19.3 Å². The van der Waals surface area contributed by atoms with Gasteiger partial charge in [0, 0.05) is 13.0 Å². The summed E-state index contributed by atoms with van der Waals surface area (Å²) in [5.74, 6) is -0.332. The topological polar surface area (TPSA) is 94.1 Å². The Labute approximate surface area is 335 Å². The van der Waals surface area contributed by atoms with Crippen LogP contribution in [0.3, 0.4) is 0 Å². The van der Waals surface area contributed by atoms with Crippen LogP contribution in [0.1, 0.15) is 213 Å². The zero-order valence-electron chi connectivity index (χ0n) is 36.4. The molecule has 2 atom stereocenters. The molecule has 0 saturated heterocycles. The quantitative estimate of drug-likeness (QED) is 0.0200. The number of hydrogen-bond acceptors (Lipinski definition) is 7. The Morgan fingerprint density at radius 2 is 0.963 bits per heavy atom. The van der Waals surface area contributed by atoms with Gasteiger partial charge in [-0.15, -0.1) is 0 Å². The van der Waals surface area contributed by atoms with E-state index in [-0.39, 0.29) is 25.8 Å². The van der Waals surface area contributed by atoms with E-state index in [2.05, 4.69) is 26.0 Å². The maximum atomic E-state index is 12.6. The molecule has 0 aromatic heterocycles. The number of unbranched alkanes of at least 4 members (excludes halogenated alkanes) is 27. The van der Waals surface area contributed by atoms with Gasteiger partial charge in [0.25, 0.3) is 7.82 Å². The summed E-state index contributed by atoms with van der Waals surface area (Å²) in [6, 6.07) is 0. The van der Waals surface area contributed by atoms with Gasteiger partial charge in [0.15, 0.2) is 0 Å². The molecule has 0 aliphatic carbocycles. The summed E-state index contributed by atoms with van der Waals surface area (Å²) in [7, 11) is 1.37. The largest absolute Gasteiger partial charge is 0.756 e. The maximum Gasteiger partial charge on any atom is 0.306 e. The van der Waals surface area contributed by atoms with Crippen LogP contribution in [0, 0.1) is 0 Å². The Morgan fingerprint density at radius 1 is 0.556 bits per heavy atom. The fraction of sp³-hybridized carbons (Fsp3) is 0.933. The van der Waals surface area contributed by atoms with E-state index in [9.17, 15) is 14.3 Å². The highest BCUT2D eigenvalue weighted by molar-refractivity contribution is 7.45. The third-order valence-electron chi connectivity index (χ3n) is 10.1. The van der Waals surface area contributed by atoms with E-state index in [0.29, 0.717) is 24.1 Å². The molecule has 2 unspecified atom stereocenters. The second-order valence-corrected chi connectivity index (χ2v) is 18.2. The molecule has 0 rings (SSSR count). The fourth-order valence-electron chi connectivity index (χ4n) is 6.48. The first kappa shape index (κ1) is 53.2. The minimum atomic E-state index is -4.52. The van der Waals surface area contributed by atoms with Gasteiger partial charge in [0.2, 0.25) is 0 Å². The SMILES string of the molecule is CCCCCCCC/C=C\CCCCCCCCCCCCOCC(COP(=O)([O-])OCC[N+](C)(C)C)OC(=O)CCCCCCCCCCCCCC.